The second-order valence-corrected chi connectivity index (χ2v) is 8.93. The third kappa shape index (κ3) is 4.87. The second kappa shape index (κ2) is 9.45. The number of amides is 1. The van der Waals surface area contributed by atoms with Gasteiger partial charge in [-0.25, -0.2) is 4.98 Å². The van der Waals surface area contributed by atoms with E-state index in [1.165, 1.54) is 6.08 Å². The monoisotopic (exact) mass is 502 g/mol. The van der Waals surface area contributed by atoms with Gasteiger partial charge in [-0.2, -0.15) is 0 Å². The first kappa shape index (κ1) is 23.0. The Kier molecular flexibility index (Phi) is 6.20. The van der Waals surface area contributed by atoms with Crippen molar-refractivity contribution in [3.63, 3.8) is 0 Å². The molecular formula is C28H20Cl2N2O3. The van der Waals surface area contributed by atoms with Gasteiger partial charge in [0, 0.05) is 22.9 Å². The Balaban J connectivity index is 1.33. The number of hydrogen-bond donors (Lipinski definition) is 1. The van der Waals surface area contributed by atoms with Crippen LogP contribution in [0.1, 0.15) is 16.9 Å². The van der Waals surface area contributed by atoms with Crippen molar-refractivity contribution in [3.05, 3.63) is 99.7 Å². The predicted octanol–water partition coefficient (Wildman–Crippen LogP) is 8.33. The average molecular weight is 503 g/mol. The van der Waals surface area contributed by atoms with Gasteiger partial charge in [-0.1, -0.05) is 41.4 Å². The summed E-state index contributed by atoms with van der Waals surface area (Å²) in [6.45, 7) is 3.93. The van der Waals surface area contributed by atoms with Gasteiger partial charge in [0.1, 0.15) is 17.0 Å². The Hall–Kier alpha value is -3.80. The van der Waals surface area contributed by atoms with E-state index in [0.29, 0.717) is 38.7 Å². The highest BCUT2D eigenvalue weighted by Crippen LogP contribution is 2.34. The number of hydrogen-bond acceptors (Lipinski definition) is 4. The van der Waals surface area contributed by atoms with E-state index in [1.807, 2.05) is 56.3 Å². The second-order valence-electron chi connectivity index (χ2n) is 8.15. The Labute approximate surface area is 212 Å². The molecule has 0 spiro atoms. The number of aromatic nitrogens is 1. The molecule has 0 saturated carbocycles. The lowest BCUT2D eigenvalue weighted by Gasteiger charge is -2.08. The summed E-state index contributed by atoms with van der Waals surface area (Å²) in [4.78, 5) is 17.2. The van der Waals surface area contributed by atoms with Crippen LogP contribution in [0.2, 0.25) is 10.0 Å². The lowest BCUT2D eigenvalue weighted by atomic mass is 10.1. The zero-order chi connectivity index (χ0) is 24.5. The minimum Gasteiger partial charge on any atom is -0.457 e. The quantitative estimate of drug-likeness (QED) is 0.245. The summed E-state index contributed by atoms with van der Waals surface area (Å²) in [5.41, 5.74) is 5.66. The van der Waals surface area contributed by atoms with Gasteiger partial charge in [-0.3, -0.25) is 4.79 Å². The summed E-state index contributed by atoms with van der Waals surface area (Å²) >= 11 is 12.4. The third-order valence-corrected chi connectivity index (χ3v) is 6.35. The van der Waals surface area contributed by atoms with Crippen LogP contribution in [-0.2, 0) is 4.79 Å². The number of benzene rings is 3. The van der Waals surface area contributed by atoms with Crippen LogP contribution in [-0.4, -0.2) is 10.9 Å². The lowest BCUT2D eigenvalue weighted by Crippen LogP contribution is -2.09. The van der Waals surface area contributed by atoms with Crippen LogP contribution in [0.3, 0.4) is 0 Å². The van der Waals surface area contributed by atoms with E-state index >= 15 is 0 Å². The van der Waals surface area contributed by atoms with E-state index in [1.54, 1.807) is 30.3 Å². The van der Waals surface area contributed by atoms with Crippen LogP contribution in [0.5, 0.6) is 0 Å². The third-order valence-electron chi connectivity index (χ3n) is 5.53. The number of rotatable bonds is 5. The maximum absolute atomic E-state index is 12.6. The summed E-state index contributed by atoms with van der Waals surface area (Å²) in [5, 5.41) is 3.78. The van der Waals surface area contributed by atoms with Crippen molar-refractivity contribution in [3.8, 4) is 22.8 Å². The Morgan fingerprint density at radius 1 is 0.971 bits per heavy atom. The van der Waals surface area contributed by atoms with Crippen molar-refractivity contribution >= 4 is 52.0 Å². The SMILES string of the molecule is Cc1ccc2nc(-c3ccc(C)c(NC(=O)C=Cc4ccc(-c5cccc(Cl)c5Cl)o4)c3)oc2c1. The molecule has 1 amide bonds. The van der Waals surface area contributed by atoms with Crippen LogP contribution in [0.25, 0.3) is 40.0 Å². The molecule has 0 bridgehead atoms. The molecule has 0 atom stereocenters. The molecule has 0 aliphatic heterocycles. The van der Waals surface area contributed by atoms with Gasteiger partial charge in [0.25, 0.3) is 0 Å². The zero-order valence-corrected chi connectivity index (χ0v) is 20.4. The first-order valence-corrected chi connectivity index (χ1v) is 11.6. The number of nitrogens with one attached hydrogen (secondary N) is 1. The number of furan rings is 1. The molecule has 3 aromatic carbocycles. The number of halogens is 2. The van der Waals surface area contributed by atoms with Crippen LogP contribution in [0, 0.1) is 13.8 Å². The van der Waals surface area contributed by atoms with Gasteiger partial charge in [-0.15, -0.1) is 0 Å². The highest BCUT2D eigenvalue weighted by Gasteiger charge is 2.12. The van der Waals surface area contributed by atoms with Crippen molar-refractivity contribution in [2.45, 2.75) is 13.8 Å². The van der Waals surface area contributed by atoms with Gasteiger partial charge in [-0.05, 0) is 79.6 Å². The number of carbonyl (C=O) groups excluding carboxylic acids is 1. The molecule has 5 nitrogen and oxygen atoms in total. The summed E-state index contributed by atoms with van der Waals surface area (Å²) < 4.78 is 11.7. The standard InChI is InChI=1S/C28H20Cl2N2O3/c1-16-6-11-22-25(14-16)35-28(32-22)18-8-7-17(2)23(15-18)31-26(33)13-10-19-9-12-24(34-19)20-4-3-5-21(29)27(20)30/h3-15H,1-2H3,(H,31,33). The van der Waals surface area contributed by atoms with Crippen LogP contribution in [0.15, 0.2) is 81.6 Å². The Morgan fingerprint density at radius 2 is 1.83 bits per heavy atom. The molecule has 0 aliphatic carbocycles. The molecule has 5 aromatic rings. The molecule has 0 saturated heterocycles. The zero-order valence-electron chi connectivity index (χ0n) is 18.9. The molecule has 5 rings (SSSR count). The van der Waals surface area contributed by atoms with E-state index in [9.17, 15) is 4.79 Å². The number of oxazole rings is 1. The first-order valence-electron chi connectivity index (χ1n) is 10.9. The molecule has 0 aliphatic rings. The molecular weight excluding hydrogens is 483 g/mol. The van der Waals surface area contributed by atoms with Gasteiger partial charge in [0.2, 0.25) is 11.8 Å². The number of carbonyl (C=O) groups is 1. The lowest BCUT2D eigenvalue weighted by molar-refractivity contribution is -0.111. The van der Waals surface area contributed by atoms with Gasteiger partial charge >= 0.3 is 0 Å². The smallest absolute Gasteiger partial charge is 0.248 e. The van der Waals surface area contributed by atoms with Crippen LogP contribution < -0.4 is 5.32 Å². The summed E-state index contributed by atoms with van der Waals surface area (Å²) in [6, 6.07) is 20.4. The normalized spacial score (nSPS) is 11.4. The minimum atomic E-state index is -0.294. The van der Waals surface area contributed by atoms with Crippen molar-refractivity contribution in [2.24, 2.45) is 0 Å². The number of anilines is 1. The molecule has 0 fully saturated rings. The summed E-state index contributed by atoms with van der Waals surface area (Å²) in [5.74, 6) is 1.28. The molecule has 1 N–H and O–H groups in total. The average Bonchev–Trinajstić information content (AvgIpc) is 3.48. The molecule has 2 aromatic heterocycles. The number of nitrogens with zero attached hydrogens (tertiary/aromatic N) is 1. The van der Waals surface area contributed by atoms with Crippen molar-refractivity contribution in [1.29, 1.82) is 0 Å². The highest BCUT2D eigenvalue weighted by molar-refractivity contribution is 6.43. The fourth-order valence-electron chi connectivity index (χ4n) is 3.66. The topological polar surface area (TPSA) is 68.3 Å². The molecule has 7 heteroatoms. The maximum Gasteiger partial charge on any atom is 0.248 e. The molecule has 2 heterocycles. The first-order chi connectivity index (χ1) is 16.9. The maximum atomic E-state index is 12.6. The highest BCUT2D eigenvalue weighted by atomic mass is 35.5. The number of fused-ring (bicyclic) bond motifs is 1. The van der Waals surface area contributed by atoms with E-state index in [4.69, 9.17) is 32.0 Å². The predicted molar refractivity (Wildman–Crippen MR) is 141 cm³/mol. The molecule has 0 unspecified atom stereocenters. The fraction of sp³-hybridized carbons (Fsp3) is 0.0714. The van der Waals surface area contributed by atoms with Crippen LogP contribution >= 0.6 is 23.2 Å². The molecule has 35 heavy (non-hydrogen) atoms. The fourth-order valence-corrected chi connectivity index (χ4v) is 4.05. The van der Waals surface area contributed by atoms with E-state index < -0.39 is 0 Å². The molecule has 174 valence electrons. The largest absolute Gasteiger partial charge is 0.457 e. The summed E-state index contributed by atoms with van der Waals surface area (Å²) in [6.07, 6.45) is 3.01. The minimum absolute atomic E-state index is 0.294. The van der Waals surface area contributed by atoms with E-state index in [-0.39, 0.29) is 5.91 Å². The number of aryl methyl sites for hydroxylation is 2. The Bertz CT molecular complexity index is 1600. The van der Waals surface area contributed by atoms with Crippen molar-refractivity contribution < 1.29 is 13.6 Å². The van der Waals surface area contributed by atoms with Gasteiger partial charge < -0.3 is 14.2 Å². The van der Waals surface area contributed by atoms with E-state index in [0.717, 1.165) is 27.8 Å². The van der Waals surface area contributed by atoms with Crippen molar-refractivity contribution in [1.82, 2.24) is 4.98 Å². The van der Waals surface area contributed by atoms with Gasteiger partial charge in [0.05, 0.1) is 10.0 Å². The van der Waals surface area contributed by atoms with Crippen LogP contribution in [0.4, 0.5) is 5.69 Å². The molecule has 0 radical (unpaired) electrons. The summed E-state index contributed by atoms with van der Waals surface area (Å²) in [7, 11) is 0. The Morgan fingerprint density at radius 3 is 2.69 bits per heavy atom. The van der Waals surface area contributed by atoms with E-state index in [2.05, 4.69) is 10.3 Å². The van der Waals surface area contributed by atoms with Gasteiger partial charge in [0.15, 0.2) is 5.58 Å². The van der Waals surface area contributed by atoms with Crippen molar-refractivity contribution in [2.75, 3.05) is 5.32 Å².